The minimum absolute atomic E-state index is 0.0549. The van der Waals surface area contributed by atoms with E-state index in [1.54, 1.807) is 24.3 Å². The van der Waals surface area contributed by atoms with Gasteiger partial charge in [0.15, 0.2) is 6.61 Å². The van der Waals surface area contributed by atoms with Gasteiger partial charge >= 0.3 is 12.0 Å². The number of carbonyl (C=O) groups is 3. The van der Waals surface area contributed by atoms with Crippen molar-refractivity contribution in [2.24, 2.45) is 0 Å². The van der Waals surface area contributed by atoms with Gasteiger partial charge in [-0.25, -0.2) is 9.59 Å². The molecule has 0 aromatic heterocycles. The first-order valence-electron chi connectivity index (χ1n) is 9.42. The lowest BCUT2D eigenvalue weighted by Gasteiger charge is -2.11. The van der Waals surface area contributed by atoms with E-state index in [0.717, 1.165) is 16.7 Å². The first kappa shape index (κ1) is 21.9. The Morgan fingerprint density at radius 1 is 1.00 bits per heavy atom. The molecule has 0 aliphatic carbocycles. The number of nitrogens with one attached hydrogen (secondary N) is 3. The van der Waals surface area contributed by atoms with E-state index >= 15 is 0 Å². The number of carbonyl (C=O) groups excluding carboxylic acids is 3. The third-order valence-corrected chi connectivity index (χ3v) is 4.05. The molecule has 0 radical (unpaired) electrons. The van der Waals surface area contributed by atoms with Crippen LogP contribution in [0.3, 0.4) is 0 Å². The summed E-state index contributed by atoms with van der Waals surface area (Å²) in [6.45, 7) is 7.60. The minimum atomic E-state index is -0.585. The third kappa shape index (κ3) is 7.29. The number of hydrogen-bond donors (Lipinski definition) is 3. The average molecular weight is 397 g/mol. The summed E-state index contributed by atoms with van der Waals surface area (Å²) in [5.74, 6) is -0.986. The topological polar surface area (TPSA) is 96.5 Å². The molecule has 0 atom stereocenters. The zero-order chi connectivity index (χ0) is 21.4. The van der Waals surface area contributed by atoms with Crippen molar-refractivity contribution < 1.29 is 19.1 Å². The van der Waals surface area contributed by atoms with Crippen molar-refractivity contribution in [3.8, 4) is 0 Å². The average Bonchev–Trinajstić information content (AvgIpc) is 2.66. The number of urea groups is 1. The van der Waals surface area contributed by atoms with Gasteiger partial charge in [0.2, 0.25) is 0 Å². The maximum atomic E-state index is 12.1. The quantitative estimate of drug-likeness (QED) is 0.625. The molecular formula is C22H27N3O4. The molecule has 29 heavy (non-hydrogen) atoms. The highest BCUT2D eigenvalue weighted by Gasteiger charge is 2.11. The van der Waals surface area contributed by atoms with Crippen molar-refractivity contribution in [2.45, 2.75) is 40.3 Å². The fourth-order valence-electron chi connectivity index (χ4n) is 2.61. The summed E-state index contributed by atoms with van der Waals surface area (Å²) < 4.78 is 5.08. The van der Waals surface area contributed by atoms with E-state index in [1.807, 2.05) is 45.9 Å². The lowest BCUT2D eigenvalue weighted by molar-refractivity contribution is -0.119. The van der Waals surface area contributed by atoms with Crippen LogP contribution in [-0.2, 0) is 16.1 Å². The van der Waals surface area contributed by atoms with Crippen molar-refractivity contribution in [3.05, 3.63) is 64.7 Å². The molecule has 3 N–H and O–H groups in total. The Morgan fingerprint density at radius 3 is 2.31 bits per heavy atom. The Labute approximate surface area is 170 Å². The van der Waals surface area contributed by atoms with Crippen molar-refractivity contribution >= 4 is 23.6 Å². The van der Waals surface area contributed by atoms with E-state index in [-0.39, 0.29) is 18.7 Å². The van der Waals surface area contributed by atoms with Crippen LogP contribution in [0.5, 0.6) is 0 Å². The van der Waals surface area contributed by atoms with Crippen molar-refractivity contribution in [3.63, 3.8) is 0 Å². The van der Waals surface area contributed by atoms with Gasteiger partial charge in [0.05, 0.1) is 5.56 Å². The van der Waals surface area contributed by atoms with Crippen LogP contribution in [0.1, 0.15) is 40.9 Å². The molecule has 0 fully saturated rings. The number of esters is 1. The van der Waals surface area contributed by atoms with Gasteiger partial charge in [-0.2, -0.15) is 0 Å². The van der Waals surface area contributed by atoms with Gasteiger partial charge in [0, 0.05) is 18.3 Å². The third-order valence-electron chi connectivity index (χ3n) is 4.05. The van der Waals surface area contributed by atoms with E-state index in [4.69, 9.17) is 4.74 Å². The van der Waals surface area contributed by atoms with Crippen molar-refractivity contribution in [2.75, 3.05) is 11.9 Å². The van der Waals surface area contributed by atoms with Gasteiger partial charge < -0.3 is 20.7 Å². The second-order valence-corrected chi connectivity index (χ2v) is 7.12. The van der Waals surface area contributed by atoms with E-state index in [9.17, 15) is 14.4 Å². The molecule has 3 amide bonds. The van der Waals surface area contributed by atoms with Crippen LogP contribution in [0.4, 0.5) is 10.5 Å². The largest absolute Gasteiger partial charge is 0.452 e. The Kier molecular flexibility index (Phi) is 7.77. The molecule has 0 aliphatic heterocycles. The SMILES string of the molecule is Cc1ccc(NC(=O)COC(=O)c2ccc(CNC(=O)NC(C)C)cc2)c(C)c1. The van der Waals surface area contributed by atoms with Gasteiger partial charge in [-0.15, -0.1) is 0 Å². The van der Waals surface area contributed by atoms with Crippen LogP contribution >= 0.6 is 0 Å². The molecular weight excluding hydrogens is 370 g/mol. The van der Waals surface area contributed by atoms with Crippen LogP contribution in [-0.4, -0.2) is 30.6 Å². The van der Waals surface area contributed by atoms with E-state index in [2.05, 4.69) is 16.0 Å². The molecule has 7 nitrogen and oxygen atoms in total. The number of ether oxygens (including phenoxy) is 1. The summed E-state index contributed by atoms with van der Waals surface area (Å²) in [5.41, 5.74) is 3.91. The van der Waals surface area contributed by atoms with Crippen LogP contribution in [0.2, 0.25) is 0 Å². The first-order chi connectivity index (χ1) is 13.7. The molecule has 0 heterocycles. The predicted octanol–water partition coefficient (Wildman–Crippen LogP) is 3.31. The number of amides is 3. The molecule has 0 bridgehead atoms. The summed E-state index contributed by atoms with van der Waals surface area (Å²) in [7, 11) is 0. The molecule has 0 saturated heterocycles. The van der Waals surface area contributed by atoms with Crippen molar-refractivity contribution in [1.82, 2.24) is 10.6 Å². The van der Waals surface area contributed by atoms with Gasteiger partial charge in [-0.3, -0.25) is 4.79 Å². The van der Waals surface area contributed by atoms with Crippen LogP contribution in [0, 0.1) is 13.8 Å². The van der Waals surface area contributed by atoms with Crippen molar-refractivity contribution in [1.29, 1.82) is 0 Å². The molecule has 0 unspecified atom stereocenters. The lowest BCUT2D eigenvalue weighted by Crippen LogP contribution is -2.39. The highest BCUT2D eigenvalue weighted by Crippen LogP contribution is 2.16. The summed E-state index contributed by atoms with van der Waals surface area (Å²) in [6.07, 6.45) is 0. The number of rotatable bonds is 7. The summed E-state index contributed by atoms with van der Waals surface area (Å²) in [6, 6.07) is 12.1. The smallest absolute Gasteiger partial charge is 0.338 e. The molecule has 7 heteroatoms. The summed E-state index contributed by atoms with van der Waals surface area (Å²) >= 11 is 0. The van der Waals surface area contributed by atoms with Crippen LogP contribution < -0.4 is 16.0 Å². The maximum absolute atomic E-state index is 12.1. The van der Waals surface area contributed by atoms with E-state index < -0.39 is 11.9 Å². The summed E-state index contributed by atoms with van der Waals surface area (Å²) in [5, 5.41) is 8.19. The Morgan fingerprint density at radius 2 is 1.69 bits per heavy atom. The monoisotopic (exact) mass is 397 g/mol. The first-order valence-corrected chi connectivity index (χ1v) is 9.42. The molecule has 0 saturated carbocycles. The number of anilines is 1. The zero-order valence-corrected chi connectivity index (χ0v) is 17.2. The Balaban J connectivity index is 1.81. The number of benzene rings is 2. The number of aryl methyl sites for hydroxylation is 2. The van der Waals surface area contributed by atoms with Crippen LogP contribution in [0.25, 0.3) is 0 Å². The summed E-state index contributed by atoms with van der Waals surface area (Å²) in [4.78, 5) is 35.7. The highest BCUT2D eigenvalue weighted by molar-refractivity contribution is 5.95. The second-order valence-electron chi connectivity index (χ2n) is 7.12. The number of hydrogen-bond acceptors (Lipinski definition) is 4. The molecule has 2 rings (SSSR count). The standard InChI is InChI=1S/C22H27N3O4/c1-14(2)24-22(28)23-12-17-6-8-18(9-7-17)21(27)29-13-20(26)25-19-10-5-15(3)11-16(19)4/h5-11,14H,12-13H2,1-4H3,(H,25,26)(H2,23,24,28). The highest BCUT2D eigenvalue weighted by atomic mass is 16.5. The second kappa shape index (κ2) is 10.3. The van der Waals surface area contributed by atoms with E-state index in [0.29, 0.717) is 17.8 Å². The van der Waals surface area contributed by atoms with Crippen LogP contribution in [0.15, 0.2) is 42.5 Å². The van der Waals surface area contributed by atoms with Gasteiger partial charge in [0.25, 0.3) is 5.91 Å². The molecule has 0 aliphatic rings. The van der Waals surface area contributed by atoms with Gasteiger partial charge in [-0.1, -0.05) is 29.8 Å². The molecule has 2 aromatic carbocycles. The molecule has 0 spiro atoms. The predicted molar refractivity (Wildman–Crippen MR) is 112 cm³/mol. The van der Waals surface area contributed by atoms with Gasteiger partial charge in [-0.05, 0) is 57.0 Å². The van der Waals surface area contributed by atoms with Gasteiger partial charge in [0.1, 0.15) is 0 Å². The fraction of sp³-hybridized carbons (Fsp3) is 0.318. The Bertz CT molecular complexity index is 876. The minimum Gasteiger partial charge on any atom is -0.452 e. The molecule has 2 aromatic rings. The Hall–Kier alpha value is -3.35. The zero-order valence-electron chi connectivity index (χ0n) is 17.2. The lowest BCUT2D eigenvalue weighted by atomic mass is 10.1. The fourth-order valence-corrected chi connectivity index (χ4v) is 2.61. The molecule has 154 valence electrons. The maximum Gasteiger partial charge on any atom is 0.338 e. The van der Waals surface area contributed by atoms with E-state index in [1.165, 1.54) is 0 Å². The normalized spacial score (nSPS) is 10.4.